The Kier molecular flexibility index (Phi) is 4.49. The first-order chi connectivity index (χ1) is 13.2. The molecule has 2 atom stereocenters. The molecule has 0 radical (unpaired) electrons. The van der Waals surface area contributed by atoms with E-state index in [-0.39, 0.29) is 24.4 Å². The van der Waals surface area contributed by atoms with Crippen LogP contribution < -0.4 is 0 Å². The van der Waals surface area contributed by atoms with E-state index in [2.05, 4.69) is 0 Å². The van der Waals surface area contributed by atoms with Crippen LogP contribution in [0.15, 0.2) is 34.9 Å². The van der Waals surface area contributed by atoms with Crippen LogP contribution in [0.2, 0.25) is 0 Å². The molecule has 1 aromatic rings. The lowest BCUT2D eigenvalue weighted by molar-refractivity contribution is -0.189. The molecule has 0 aliphatic carbocycles. The fourth-order valence-electron chi connectivity index (χ4n) is 4.35. The Morgan fingerprint density at radius 1 is 1.04 bits per heavy atom. The maximum atomic E-state index is 12.8. The third-order valence-electron chi connectivity index (χ3n) is 5.62. The summed E-state index contributed by atoms with van der Waals surface area (Å²) in [5, 5.41) is 0.283. The van der Waals surface area contributed by atoms with E-state index in [0.29, 0.717) is 29.5 Å². The van der Waals surface area contributed by atoms with Gasteiger partial charge in [0.25, 0.3) is 11.8 Å². The van der Waals surface area contributed by atoms with Crippen molar-refractivity contribution in [2.24, 2.45) is 0 Å². The predicted octanol–water partition coefficient (Wildman–Crippen LogP) is 3.49. The van der Waals surface area contributed by atoms with Crippen molar-refractivity contribution in [3.63, 3.8) is 0 Å². The summed E-state index contributed by atoms with van der Waals surface area (Å²) in [7, 11) is 0. The second-order valence-corrected chi connectivity index (χ2v) is 7.71. The lowest BCUT2D eigenvalue weighted by Crippen LogP contribution is -2.50. The second kappa shape index (κ2) is 6.62. The summed E-state index contributed by atoms with van der Waals surface area (Å²) in [6.07, 6.45) is -3.49. The lowest BCUT2D eigenvalue weighted by Gasteiger charge is -2.37. The minimum absolute atomic E-state index is 0.115. The van der Waals surface area contributed by atoms with Crippen LogP contribution in [-0.4, -0.2) is 52.3 Å². The number of rotatable bonds is 2. The lowest BCUT2D eigenvalue weighted by atomic mass is 9.96. The van der Waals surface area contributed by atoms with E-state index in [9.17, 15) is 27.6 Å². The van der Waals surface area contributed by atoms with Gasteiger partial charge in [0.1, 0.15) is 0 Å². The molecule has 0 saturated carbocycles. The number of carbonyl (C=O) groups is 3. The highest BCUT2D eigenvalue weighted by Gasteiger charge is 2.51. The van der Waals surface area contributed by atoms with E-state index in [1.54, 1.807) is 24.3 Å². The molecule has 2 unspecified atom stereocenters. The van der Waals surface area contributed by atoms with E-state index in [1.165, 1.54) is 0 Å². The molecular formula is C19H16ClF3N2O3. The van der Waals surface area contributed by atoms with Crippen LogP contribution in [0, 0.1) is 0 Å². The minimum atomic E-state index is -4.90. The average molecular weight is 413 g/mol. The number of imide groups is 1. The number of carbonyl (C=O) groups excluding carboxylic acids is 3. The fraction of sp³-hybridized carbons (Fsp3) is 0.421. The summed E-state index contributed by atoms with van der Waals surface area (Å²) in [6, 6.07) is 5.35. The van der Waals surface area contributed by atoms with Crippen molar-refractivity contribution in [2.45, 2.75) is 43.9 Å². The summed E-state index contributed by atoms with van der Waals surface area (Å²) >= 11 is 6.40. The molecule has 3 aliphatic rings. The van der Waals surface area contributed by atoms with Crippen LogP contribution in [0.1, 0.15) is 46.4 Å². The highest BCUT2D eigenvalue weighted by Crippen LogP contribution is 2.42. The molecule has 3 amide bonds. The smallest absolute Gasteiger partial charge is 0.328 e. The van der Waals surface area contributed by atoms with Gasteiger partial charge in [-0.2, -0.15) is 13.2 Å². The molecule has 3 aliphatic heterocycles. The topological polar surface area (TPSA) is 57.7 Å². The molecular weight excluding hydrogens is 397 g/mol. The Balaban J connectivity index is 1.52. The van der Waals surface area contributed by atoms with Crippen molar-refractivity contribution >= 4 is 29.3 Å². The number of hydrogen-bond acceptors (Lipinski definition) is 3. The number of benzene rings is 1. The van der Waals surface area contributed by atoms with Gasteiger partial charge in [0.2, 0.25) is 0 Å². The van der Waals surface area contributed by atoms with E-state index in [4.69, 9.17) is 11.6 Å². The first-order valence-corrected chi connectivity index (χ1v) is 9.27. The van der Waals surface area contributed by atoms with Crippen LogP contribution in [0.25, 0.3) is 0 Å². The van der Waals surface area contributed by atoms with Gasteiger partial charge in [0.15, 0.2) is 0 Å². The molecule has 28 heavy (non-hydrogen) atoms. The molecule has 3 heterocycles. The Morgan fingerprint density at radius 2 is 1.54 bits per heavy atom. The molecule has 0 N–H and O–H groups in total. The number of hydrogen-bond donors (Lipinski definition) is 0. The quantitative estimate of drug-likeness (QED) is 0.699. The fourth-order valence-corrected chi connectivity index (χ4v) is 4.62. The molecule has 0 aromatic heterocycles. The van der Waals surface area contributed by atoms with E-state index in [0.717, 1.165) is 9.80 Å². The van der Waals surface area contributed by atoms with Gasteiger partial charge in [0, 0.05) is 17.1 Å². The third-order valence-corrected chi connectivity index (χ3v) is 6.01. The van der Waals surface area contributed by atoms with Crippen LogP contribution in [0.3, 0.4) is 0 Å². The number of alkyl halides is 3. The Labute approximate surface area is 163 Å². The maximum Gasteiger partial charge on any atom is 0.471 e. The van der Waals surface area contributed by atoms with Gasteiger partial charge in [-0.3, -0.25) is 19.3 Å². The van der Waals surface area contributed by atoms with Gasteiger partial charge in [0.05, 0.1) is 17.7 Å². The van der Waals surface area contributed by atoms with Gasteiger partial charge in [-0.05, 0) is 43.4 Å². The van der Waals surface area contributed by atoms with Crippen molar-refractivity contribution in [1.82, 2.24) is 9.80 Å². The molecule has 2 fully saturated rings. The number of nitrogens with zero attached hydrogens (tertiary/aromatic N) is 2. The normalized spacial score (nSPS) is 24.1. The molecule has 148 valence electrons. The number of amides is 3. The summed E-state index contributed by atoms with van der Waals surface area (Å²) in [5.41, 5.74) is 1.33. The van der Waals surface area contributed by atoms with Gasteiger partial charge in [-0.25, -0.2) is 0 Å². The first-order valence-electron chi connectivity index (χ1n) is 8.89. The molecule has 1 aromatic carbocycles. The second-order valence-electron chi connectivity index (χ2n) is 7.25. The van der Waals surface area contributed by atoms with Gasteiger partial charge in [-0.15, -0.1) is 0 Å². The van der Waals surface area contributed by atoms with Crippen molar-refractivity contribution in [3.05, 3.63) is 46.0 Å². The monoisotopic (exact) mass is 412 g/mol. The first kappa shape index (κ1) is 19.0. The van der Waals surface area contributed by atoms with Crippen LogP contribution in [0.4, 0.5) is 13.2 Å². The minimum Gasteiger partial charge on any atom is -0.328 e. The van der Waals surface area contributed by atoms with E-state index in [1.807, 2.05) is 0 Å². The van der Waals surface area contributed by atoms with Crippen molar-refractivity contribution in [2.75, 3.05) is 6.54 Å². The number of halogens is 4. The average Bonchev–Trinajstić information content (AvgIpc) is 3.04. The Morgan fingerprint density at radius 3 is 2.00 bits per heavy atom. The predicted molar refractivity (Wildman–Crippen MR) is 93.6 cm³/mol. The van der Waals surface area contributed by atoms with Crippen LogP contribution in [0.5, 0.6) is 0 Å². The van der Waals surface area contributed by atoms with Gasteiger partial charge >= 0.3 is 12.1 Å². The standard InChI is InChI=1S/C19H16ClF3N2O3/c20-15(9-24-16(26)13-3-1-2-4-14(13)17(24)27)10-7-11-5-6-12(8-10)25(11)18(28)19(21,22)23/h1-4,11-12H,5-9H2. The van der Waals surface area contributed by atoms with Crippen LogP contribution in [-0.2, 0) is 4.79 Å². The Hall–Kier alpha value is -2.35. The molecule has 9 heteroatoms. The molecule has 4 rings (SSSR count). The summed E-state index contributed by atoms with van der Waals surface area (Å²) in [6.45, 7) is -0.115. The summed E-state index contributed by atoms with van der Waals surface area (Å²) in [4.78, 5) is 38.6. The molecule has 5 nitrogen and oxygen atoms in total. The van der Waals surface area contributed by atoms with Crippen molar-refractivity contribution < 1.29 is 27.6 Å². The summed E-state index contributed by atoms with van der Waals surface area (Å²) < 4.78 is 38.5. The van der Waals surface area contributed by atoms with E-state index >= 15 is 0 Å². The van der Waals surface area contributed by atoms with E-state index < -0.39 is 36.0 Å². The highest BCUT2D eigenvalue weighted by atomic mass is 35.5. The van der Waals surface area contributed by atoms with Crippen molar-refractivity contribution in [3.8, 4) is 0 Å². The molecule has 2 bridgehead atoms. The SMILES string of the molecule is O=C1c2ccccc2C(=O)N1CC(Cl)=C1CC2CCC(C1)N2C(=O)C(F)(F)F. The molecule has 0 spiro atoms. The summed E-state index contributed by atoms with van der Waals surface area (Å²) in [5.74, 6) is -2.69. The third kappa shape index (κ3) is 2.99. The zero-order valence-electron chi connectivity index (χ0n) is 14.6. The molecule has 2 saturated heterocycles. The van der Waals surface area contributed by atoms with Gasteiger partial charge in [-0.1, -0.05) is 23.7 Å². The zero-order valence-corrected chi connectivity index (χ0v) is 15.4. The number of piperidine rings is 1. The van der Waals surface area contributed by atoms with Crippen molar-refractivity contribution in [1.29, 1.82) is 0 Å². The largest absolute Gasteiger partial charge is 0.471 e. The zero-order chi connectivity index (χ0) is 20.2. The van der Waals surface area contributed by atoms with Crippen LogP contribution >= 0.6 is 11.6 Å². The van der Waals surface area contributed by atoms with Gasteiger partial charge < -0.3 is 4.90 Å². The maximum absolute atomic E-state index is 12.8. The highest BCUT2D eigenvalue weighted by molar-refractivity contribution is 6.31. The Bertz CT molecular complexity index is 861. The number of fused-ring (bicyclic) bond motifs is 3.